The van der Waals surface area contributed by atoms with Gasteiger partial charge >= 0.3 is 12.1 Å². The Labute approximate surface area is 185 Å². The summed E-state index contributed by atoms with van der Waals surface area (Å²) in [6.45, 7) is 2.51. The molecule has 2 atom stereocenters. The molecule has 2 amide bonds. The van der Waals surface area contributed by atoms with E-state index in [0.717, 1.165) is 12.1 Å². The summed E-state index contributed by atoms with van der Waals surface area (Å²) < 4.78 is 45.8. The molecule has 2 aromatic rings. The molecule has 0 radical (unpaired) electrons. The zero-order valence-corrected chi connectivity index (χ0v) is 17.5. The standard InChI is InChI=1S/C21H21F3N4O5/c1-10-14-16(20(31)32)27-28(13-5-7-33-8-6-13)17(14)26-19(30)15(10)25-18(29)11-3-2-4-12(9-11)21(22,23)24/h2-4,9-10,13,15H,5-8H2,1H3,(H,25,29)(H,26,30)(H,31,32). The van der Waals surface area contributed by atoms with Crippen molar-refractivity contribution in [3.63, 3.8) is 0 Å². The van der Waals surface area contributed by atoms with E-state index < -0.39 is 41.5 Å². The van der Waals surface area contributed by atoms with Crippen LogP contribution in [0.3, 0.4) is 0 Å². The second-order valence-electron chi connectivity index (χ2n) is 8.01. The van der Waals surface area contributed by atoms with Crippen LogP contribution in [0.5, 0.6) is 0 Å². The number of fused-ring (bicyclic) bond motifs is 1. The fourth-order valence-corrected chi connectivity index (χ4v) is 4.20. The summed E-state index contributed by atoms with van der Waals surface area (Å²) in [5.74, 6) is -3.32. The molecule has 0 saturated carbocycles. The average molecular weight is 466 g/mol. The van der Waals surface area contributed by atoms with Crippen LogP contribution in [0.2, 0.25) is 0 Å². The Morgan fingerprint density at radius 2 is 1.97 bits per heavy atom. The van der Waals surface area contributed by atoms with Crippen LogP contribution in [0.4, 0.5) is 19.0 Å². The molecule has 3 N–H and O–H groups in total. The molecule has 1 aromatic carbocycles. The first-order chi connectivity index (χ1) is 15.6. The van der Waals surface area contributed by atoms with Crippen LogP contribution in [-0.4, -0.2) is 51.9 Å². The molecular formula is C21H21F3N4O5. The van der Waals surface area contributed by atoms with Gasteiger partial charge in [-0.25, -0.2) is 9.48 Å². The maximum atomic E-state index is 13.0. The fraction of sp³-hybridized carbons (Fsp3) is 0.429. The fourth-order valence-electron chi connectivity index (χ4n) is 4.20. The molecule has 9 nitrogen and oxygen atoms in total. The number of hydrogen-bond acceptors (Lipinski definition) is 5. The second-order valence-corrected chi connectivity index (χ2v) is 8.01. The lowest BCUT2D eigenvalue weighted by Gasteiger charge is -2.31. The first-order valence-electron chi connectivity index (χ1n) is 10.3. The summed E-state index contributed by atoms with van der Waals surface area (Å²) in [4.78, 5) is 37.4. The lowest BCUT2D eigenvalue weighted by atomic mass is 9.88. The van der Waals surface area contributed by atoms with Gasteiger partial charge in [0.1, 0.15) is 11.9 Å². The summed E-state index contributed by atoms with van der Waals surface area (Å²) in [5.41, 5.74) is -1.26. The number of ether oxygens (including phenoxy) is 1. The number of rotatable bonds is 4. The topological polar surface area (TPSA) is 123 Å². The highest BCUT2D eigenvalue weighted by Gasteiger charge is 2.41. The first kappa shape index (κ1) is 22.8. The van der Waals surface area contributed by atoms with E-state index in [0.29, 0.717) is 32.1 Å². The lowest BCUT2D eigenvalue weighted by molar-refractivity contribution is -0.137. The van der Waals surface area contributed by atoms with Crippen LogP contribution in [-0.2, 0) is 15.7 Å². The zero-order chi connectivity index (χ0) is 23.9. The second kappa shape index (κ2) is 8.50. The third-order valence-corrected chi connectivity index (χ3v) is 5.90. The molecule has 3 heterocycles. The van der Waals surface area contributed by atoms with Gasteiger partial charge in [0.15, 0.2) is 5.69 Å². The van der Waals surface area contributed by atoms with Crippen LogP contribution in [0.1, 0.15) is 63.7 Å². The van der Waals surface area contributed by atoms with Gasteiger partial charge in [0, 0.05) is 30.3 Å². The quantitative estimate of drug-likeness (QED) is 0.637. The number of carbonyl (C=O) groups excluding carboxylic acids is 2. The molecule has 1 saturated heterocycles. The number of carbonyl (C=O) groups is 3. The van der Waals surface area contributed by atoms with Crippen molar-refractivity contribution in [1.29, 1.82) is 0 Å². The summed E-state index contributed by atoms with van der Waals surface area (Å²) in [7, 11) is 0. The minimum Gasteiger partial charge on any atom is -0.476 e. The van der Waals surface area contributed by atoms with Gasteiger partial charge in [-0.2, -0.15) is 18.3 Å². The van der Waals surface area contributed by atoms with Gasteiger partial charge in [-0.05, 0) is 31.0 Å². The maximum Gasteiger partial charge on any atom is 0.416 e. The third kappa shape index (κ3) is 4.30. The number of anilines is 1. The summed E-state index contributed by atoms with van der Waals surface area (Å²) >= 11 is 0. The number of amides is 2. The molecule has 2 aliphatic rings. The molecule has 0 aliphatic carbocycles. The minimum atomic E-state index is -4.63. The third-order valence-electron chi connectivity index (χ3n) is 5.90. The smallest absolute Gasteiger partial charge is 0.416 e. The van der Waals surface area contributed by atoms with Crippen molar-refractivity contribution >= 4 is 23.6 Å². The van der Waals surface area contributed by atoms with Crippen molar-refractivity contribution in [3.05, 3.63) is 46.6 Å². The van der Waals surface area contributed by atoms with Gasteiger partial charge in [-0.15, -0.1) is 0 Å². The molecule has 4 rings (SSSR count). The van der Waals surface area contributed by atoms with Crippen LogP contribution >= 0.6 is 0 Å². The van der Waals surface area contributed by atoms with Crippen LogP contribution in [0.25, 0.3) is 0 Å². The van der Waals surface area contributed by atoms with Crippen molar-refractivity contribution < 1.29 is 37.4 Å². The van der Waals surface area contributed by atoms with Gasteiger partial charge in [-0.1, -0.05) is 13.0 Å². The van der Waals surface area contributed by atoms with Gasteiger partial charge in [-0.3, -0.25) is 9.59 Å². The summed E-state index contributed by atoms with van der Waals surface area (Å²) in [6.07, 6.45) is -3.45. The van der Waals surface area contributed by atoms with E-state index in [2.05, 4.69) is 15.7 Å². The normalized spacial score (nSPS) is 21.3. The Morgan fingerprint density at radius 1 is 1.27 bits per heavy atom. The van der Waals surface area contributed by atoms with E-state index in [9.17, 15) is 32.7 Å². The van der Waals surface area contributed by atoms with E-state index in [1.54, 1.807) is 6.92 Å². The van der Waals surface area contributed by atoms with Crippen LogP contribution < -0.4 is 10.6 Å². The molecular weight excluding hydrogens is 445 g/mol. The molecule has 2 unspecified atom stereocenters. The van der Waals surface area contributed by atoms with Gasteiger partial charge in [0.05, 0.1) is 11.6 Å². The Kier molecular flexibility index (Phi) is 5.87. The highest BCUT2D eigenvalue weighted by Crippen LogP contribution is 2.38. The SMILES string of the molecule is CC1c2c(C(=O)O)nn(C3CCOCC3)c2NC(=O)C1NC(=O)c1cccc(C(F)(F)F)c1. The van der Waals surface area contributed by atoms with Gasteiger partial charge in [0.2, 0.25) is 5.91 Å². The monoisotopic (exact) mass is 466 g/mol. The highest BCUT2D eigenvalue weighted by molar-refractivity contribution is 6.04. The largest absolute Gasteiger partial charge is 0.476 e. The van der Waals surface area contributed by atoms with Gasteiger partial charge < -0.3 is 20.5 Å². The summed E-state index contributed by atoms with van der Waals surface area (Å²) in [5, 5.41) is 19.0. The molecule has 0 bridgehead atoms. The highest BCUT2D eigenvalue weighted by atomic mass is 19.4. The van der Waals surface area contributed by atoms with Crippen molar-refractivity contribution in [2.75, 3.05) is 18.5 Å². The van der Waals surface area contributed by atoms with E-state index in [4.69, 9.17) is 4.74 Å². The number of alkyl halides is 3. The van der Waals surface area contributed by atoms with E-state index in [1.807, 2.05) is 0 Å². The Bertz CT molecular complexity index is 1110. The number of hydrogen-bond donors (Lipinski definition) is 3. The first-order valence-corrected chi connectivity index (χ1v) is 10.3. The van der Waals surface area contributed by atoms with Gasteiger partial charge in [0.25, 0.3) is 5.91 Å². The van der Waals surface area contributed by atoms with E-state index in [1.165, 1.54) is 10.7 Å². The Morgan fingerprint density at radius 3 is 2.61 bits per heavy atom. The lowest BCUT2D eigenvalue weighted by Crippen LogP contribution is -2.50. The number of nitrogens with one attached hydrogen (secondary N) is 2. The number of carboxylic acids is 1. The molecule has 176 valence electrons. The minimum absolute atomic E-state index is 0.163. The number of carboxylic acid groups (broad SMARTS) is 1. The van der Waals surface area contributed by atoms with Crippen molar-refractivity contribution in [2.24, 2.45) is 0 Å². The maximum absolute atomic E-state index is 13.0. The molecule has 1 fully saturated rings. The predicted molar refractivity (Wildman–Crippen MR) is 108 cm³/mol. The molecule has 12 heteroatoms. The van der Waals surface area contributed by atoms with Crippen LogP contribution in [0, 0.1) is 0 Å². The van der Waals surface area contributed by atoms with E-state index in [-0.39, 0.29) is 28.7 Å². The molecule has 2 aliphatic heterocycles. The number of aromatic nitrogens is 2. The predicted octanol–water partition coefficient (Wildman–Crippen LogP) is 2.81. The van der Waals surface area contributed by atoms with Crippen molar-refractivity contribution in [1.82, 2.24) is 15.1 Å². The Hall–Kier alpha value is -3.41. The summed E-state index contributed by atoms with van der Waals surface area (Å²) in [6, 6.07) is 2.46. The number of benzene rings is 1. The van der Waals surface area contributed by atoms with Crippen LogP contribution in [0.15, 0.2) is 24.3 Å². The van der Waals surface area contributed by atoms with Crippen molar-refractivity contribution in [3.8, 4) is 0 Å². The average Bonchev–Trinajstić information content (AvgIpc) is 3.16. The number of aromatic carboxylic acids is 1. The van der Waals surface area contributed by atoms with E-state index >= 15 is 0 Å². The number of nitrogens with zero attached hydrogens (tertiary/aromatic N) is 2. The molecule has 1 aromatic heterocycles. The Balaban J connectivity index is 1.64. The zero-order valence-electron chi connectivity index (χ0n) is 17.5. The van der Waals surface area contributed by atoms with Crippen molar-refractivity contribution in [2.45, 2.75) is 43.9 Å². The number of halogens is 3. The molecule has 33 heavy (non-hydrogen) atoms. The molecule has 0 spiro atoms.